The second kappa shape index (κ2) is 9.66. The Labute approximate surface area is 158 Å². The molecule has 0 radical (unpaired) electrons. The highest BCUT2D eigenvalue weighted by atomic mass is 16.5. The molecule has 144 valence electrons. The molecule has 2 aromatic rings. The van der Waals surface area contributed by atoms with Gasteiger partial charge in [-0.25, -0.2) is 9.59 Å². The molecule has 0 aliphatic rings. The fourth-order valence-electron chi connectivity index (χ4n) is 2.93. The maximum Gasteiger partial charge on any atom is 0.339 e. The predicted octanol–water partition coefficient (Wildman–Crippen LogP) is 2.75. The first-order valence-electron chi connectivity index (χ1n) is 9.17. The lowest BCUT2D eigenvalue weighted by molar-refractivity contribution is -0.123. The van der Waals surface area contributed by atoms with Gasteiger partial charge in [0.25, 0.3) is 5.91 Å². The van der Waals surface area contributed by atoms with Crippen molar-refractivity contribution in [2.75, 3.05) is 13.2 Å². The van der Waals surface area contributed by atoms with E-state index in [4.69, 9.17) is 9.72 Å². The van der Waals surface area contributed by atoms with E-state index in [0.29, 0.717) is 23.9 Å². The van der Waals surface area contributed by atoms with E-state index in [1.165, 1.54) is 0 Å². The van der Waals surface area contributed by atoms with Crippen LogP contribution in [0.15, 0.2) is 24.3 Å². The first-order chi connectivity index (χ1) is 13.0. The van der Waals surface area contributed by atoms with Crippen LogP contribution >= 0.6 is 0 Å². The number of amides is 3. The summed E-state index contributed by atoms with van der Waals surface area (Å²) in [5.41, 5.74) is 2.87. The second-order valence-electron chi connectivity index (χ2n) is 6.02. The van der Waals surface area contributed by atoms with Gasteiger partial charge in [0.1, 0.15) is 0 Å². The second-order valence-corrected chi connectivity index (χ2v) is 6.02. The molecule has 0 fully saturated rings. The molecule has 1 aromatic heterocycles. The van der Waals surface area contributed by atoms with Gasteiger partial charge in [-0.05, 0) is 31.4 Å². The number of rotatable bonds is 7. The molecule has 2 N–H and O–H groups in total. The molecule has 7 nitrogen and oxygen atoms in total. The number of ether oxygens (including phenoxy) is 1. The smallest absolute Gasteiger partial charge is 0.339 e. The number of hydrogen-bond acceptors (Lipinski definition) is 5. The van der Waals surface area contributed by atoms with E-state index in [0.717, 1.165) is 29.6 Å². The summed E-state index contributed by atoms with van der Waals surface area (Å²) in [7, 11) is 0. The van der Waals surface area contributed by atoms with E-state index in [2.05, 4.69) is 17.6 Å². The maximum absolute atomic E-state index is 12.8. The lowest BCUT2D eigenvalue weighted by Gasteiger charge is -2.15. The average molecular weight is 371 g/mol. The zero-order valence-electron chi connectivity index (χ0n) is 15.9. The Morgan fingerprint density at radius 2 is 1.85 bits per heavy atom. The minimum Gasteiger partial charge on any atom is -0.452 e. The number of urea groups is 1. The van der Waals surface area contributed by atoms with Crippen molar-refractivity contribution in [3.05, 3.63) is 41.1 Å². The van der Waals surface area contributed by atoms with Crippen molar-refractivity contribution in [2.24, 2.45) is 0 Å². The summed E-state index contributed by atoms with van der Waals surface area (Å²) < 4.78 is 5.19. The van der Waals surface area contributed by atoms with Crippen LogP contribution in [-0.2, 0) is 22.4 Å². The van der Waals surface area contributed by atoms with E-state index in [1.54, 1.807) is 6.92 Å². The molecule has 1 heterocycles. The highest BCUT2D eigenvalue weighted by Gasteiger charge is 2.21. The van der Waals surface area contributed by atoms with E-state index in [1.807, 2.05) is 31.2 Å². The minimum absolute atomic E-state index is 0.391. The number of fused-ring (bicyclic) bond motifs is 1. The number of imide groups is 1. The standard InChI is InChI=1S/C20H25N3O4/c1-4-9-15-13(5-2)18(14-10-7-8-11-16(14)22-15)19(25)27-12-17(24)23-20(26)21-6-3/h7-8,10-11H,4-6,9,12H2,1-3H3,(H2,21,23,24,26). The summed E-state index contributed by atoms with van der Waals surface area (Å²) in [6.45, 7) is 5.61. The lowest BCUT2D eigenvalue weighted by atomic mass is 9.96. The van der Waals surface area contributed by atoms with Gasteiger partial charge in [0.2, 0.25) is 0 Å². The Kier molecular flexibility index (Phi) is 7.28. The summed E-state index contributed by atoms with van der Waals surface area (Å²) >= 11 is 0. The number of aromatic nitrogens is 1. The minimum atomic E-state index is -0.681. The molecule has 0 spiro atoms. The number of carbonyl (C=O) groups excluding carboxylic acids is 3. The molecule has 1 aromatic carbocycles. The number of esters is 1. The van der Waals surface area contributed by atoms with Crippen molar-refractivity contribution in [2.45, 2.75) is 40.0 Å². The zero-order valence-corrected chi connectivity index (χ0v) is 15.9. The highest BCUT2D eigenvalue weighted by Crippen LogP contribution is 2.26. The van der Waals surface area contributed by atoms with Crippen molar-refractivity contribution in [3.63, 3.8) is 0 Å². The number of carbonyl (C=O) groups is 3. The third-order valence-corrected chi connectivity index (χ3v) is 4.05. The number of nitrogens with one attached hydrogen (secondary N) is 2. The first-order valence-corrected chi connectivity index (χ1v) is 9.17. The van der Waals surface area contributed by atoms with Crippen LogP contribution in [0, 0.1) is 0 Å². The van der Waals surface area contributed by atoms with Crippen LogP contribution in [0.4, 0.5) is 4.79 Å². The maximum atomic E-state index is 12.8. The van der Waals surface area contributed by atoms with E-state index in [9.17, 15) is 14.4 Å². The quantitative estimate of drug-likeness (QED) is 0.730. The molecule has 7 heteroatoms. The van der Waals surface area contributed by atoms with E-state index >= 15 is 0 Å². The summed E-state index contributed by atoms with van der Waals surface area (Å²) in [5, 5.41) is 5.24. The molecular weight excluding hydrogens is 346 g/mol. The third-order valence-electron chi connectivity index (χ3n) is 4.05. The fourth-order valence-corrected chi connectivity index (χ4v) is 2.93. The van der Waals surface area contributed by atoms with Crippen LogP contribution in [-0.4, -0.2) is 36.0 Å². The number of pyridine rings is 1. The van der Waals surface area contributed by atoms with Crippen LogP contribution in [0.25, 0.3) is 10.9 Å². The van der Waals surface area contributed by atoms with Crippen LogP contribution in [0.5, 0.6) is 0 Å². The monoisotopic (exact) mass is 371 g/mol. The van der Waals surface area contributed by atoms with Crippen LogP contribution in [0.2, 0.25) is 0 Å². The van der Waals surface area contributed by atoms with Crippen LogP contribution < -0.4 is 10.6 Å². The highest BCUT2D eigenvalue weighted by molar-refractivity contribution is 6.06. The molecule has 0 aliphatic heterocycles. The molecule has 0 atom stereocenters. The van der Waals surface area contributed by atoms with Crippen molar-refractivity contribution >= 4 is 28.8 Å². The van der Waals surface area contributed by atoms with Gasteiger partial charge >= 0.3 is 12.0 Å². The molecule has 0 bridgehead atoms. The van der Waals surface area contributed by atoms with Gasteiger partial charge in [0.05, 0.1) is 11.1 Å². The Morgan fingerprint density at radius 1 is 1.11 bits per heavy atom. The largest absolute Gasteiger partial charge is 0.452 e. The lowest BCUT2D eigenvalue weighted by Crippen LogP contribution is -2.41. The fraction of sp³-hybridized carbons (Fsp3) is 0.400. The molecule has 3 amide bonds. The average Bonchev–Trinajstić information content (AvgIpc) is 2.65. The molecule has 0 unspecified atom stereocenters. The van der Waals surface area contributed by atoms with Crippen LogP contribution in [0.1, 0.15) is 48.8 Å². The van der Waals surface area contributed by atoms with Crippen molar-refractivity contribution in [3.8, 4) is 0 Å². The summed E-state index contributed by atoms with van der Waals surface area (Å²) in [6, 6.07) is 6.76. The molecule has 0 saturated carbocycles. The Balaban J connectivity index is 2.28. The van der Waals surface area contributed by atoms with Gasteiger partial charge < -0.3 is 10.1 Å². The van der Waals surface area contributed by atoms with Gasteiger partial charge in [-0.3, -0.25) is 15.1 Å². The number of benzene rings is 1. The molecule has 2 rings (SSSR count). The number of nitrogens with zero attached hydrogens (tertiary/aromatic N) is 1. The Morgan fingerprint density at radius 3 is 2.52 bits per heavy atom. The molecule has 0 aliphatic carbocycles. The molecular formula is C20H25N3O4. The third kappa shape index (κ3) is 5.03. The van der Waals surface area contributed by atoms with Crippen molar-refractivity contribution in [1.82, 2.24) is 15.6 Å². The van der Waals surface area contributed by atoms with Crippen molar-refractivity contribution < 1.29 is 19.1 Å². The van der Waals surface area contributed by atoms with Gasteiger partial charge in [-0.15, -0.1) is 0 Å². The normalized spacial score (nSPS) is 10.5. The van der Waals surface area contributed by atoms with Gasteiger partial charge in [-0.1, -0.05) is 38.5 Å². The zero-order chi connectivity index (χ0) is 19.8. The number of hydrogen-bond donors (Lipinski definition) is 2. The van der Waals surface area contributed by atoms with E-state index < -0.39 is 24.5 Å². The topological polar surface area (TPSA) is 97.4 Å². The summed E-state index contributed by atoms with van der Waals surface area (Å²) in [4.78, 5) is 40.6. The Hall–Kier alpha value is -2.96. The van der Waals surface area contributed by atoms with Gasteiger partial charge in [0.15, 0.2) is 6.61 Å². The summed E-state index contributed by atoms with van der Waals surface area (Å²) in [6.07, 6.45) is 2.29. The van der Waals surface area contributed by atoms with Gasteiger partial charge in [0, 0.05) is 17.6 Å². The molecule has 0 saturated heterocycles. The SMILES string of the molecule is CCCc1nc2ccccc2c(C(=O)OCC(=O)NC(=O)NCC)c1CC. The van der Waals surface area contributed by atoms with E-state index in [-0.39, 0.29) is 0 Å². The van der Waals surface area contributed by atoms with Crippen molar-refractivity contribution in [1.29, 1.82) is 0 Å². The van der Waals surface area contributed by atoms with Gasteiger partial charge in [-0.2, -0.15) is 0 Å². The predicted molar refractivity (Wildman–Crippen MR) is 103 cm³/mol. The number of para-hydroxylation sites is 1. The first kappa shape index (κ1) is 20.4. The Bertz CT molecular complexity index is 848. The number of aryl methyl sites for hydroxylation is 1. The van der Waals surface area contributed by atoms with Crippen LogP contribution in [0.3, 0.4) is 0 Å². The molecule has 27 heavy (non-hydrogen) atoms. The summed E-state index contributed by atoms with van der Waals surface area (Å²) in [5.74, 6) is -1.27.